The molecule has 2 atom stereocenters. The fraction of sp³-hybridized carbons (Fsp3) is 0.917. The van der Waals surface area contributed by atoms with Gasteiger partial charge in [-0.1, -0.05) is 13.8 Å². The van der Waals surface area contributed by atoms with Gasteiger partial charge in [0, 0.05) is 25.0 Å². The van der Waals surface area contributed by atoms with Crippen LogP contribution in [0.4, 0.5) is 0 Å². The normalized spacial score (nSPS) is 31.1. The monoisotopic (exact) mass is 246 g/mol. The van der Waals surface area contributed by atoms with Gasteiger partial charge >= 0.3 is 0 Å². The van der Waals surface area contributed by atoms with E-state index in [0.29, 0.717) is 17.9 Å². The molecule has 1 aliphatic heterocycles. The number of amides is 1. The predicted molar refractivity (Wildman–Crippen MR) is 67.8 cm³/mol. The van der Waals surface area contributed by atoms with Crippen LogP contribution in [-0.2, 0) is 4.79 Å². The molecule has 1 saturated carbocycles. The van der Waals surface area contributed by atoms with Crippen molar-refractivity contribution in [3.63, 3.8) is 0 Å². The first-order valence-corrected chi connectivity index (χ1v) is 6.01. The van der Waals surface area contributed by atoms with Crippen LogP contribution in [0.2, 0.25) is 0 Å². The molecular weight excluding hydrogens is 224 g/mol. The van der Waals surface area contributed by atoms with E-state index in [1.807, 2.05) is 7.05 Å². The van der Waals surface area contributed by atoms with Crippen LogP contribution in [0.25, 0.3) is 0 Å². The molecule has 1 amide bonds. The van der Waals surface area contributed by atoms with Crippen molar-refractivity contribution >= 4 is 18.3 Å². The Kier molecular flexibility index (Phi) is 4.24. The first kappa shape index (κ1) is 13.8. The molecule has 2 fully saturated rings. The van der Waals surface area contributed by atoms with Gasteiger partial charge in [0.2, 0.25) is 5.91 Å². The zero-order valence-corrected chi connectivity index (χ0v) is 11.3. The highest BCUT2D eigenvalue weighted by atomic mass is 35.5. The van der Waals surface area contributed by atoms with Gasteiger partial charge < -0.3 is 10.2 Å². The van der Waals surface area contributed by atoms with E-state index in [1.165, 1.54) is 12.8 Å². The molecule has 1 aliphatic carbocycles. The van der Waals surface area contributed by atoms with E-state index in [2.05, 4.69) is 24.1 Å². The van der Waals surface area contributed by atoms with Crippen LogP contribution >= 0.6 is 12.4 Å². The standard InChI is InChI=1S/C12H22N2O.ClH/c1-12(2)7-10(12)11(15)14-6-4-5-9(14)8-13-3;/h9-10,13H,4-8H2,1-3H3;1H. The highest BCUT2D eigenvalue weighted by Gasteiger charge is 2.52. The van der Waals surface area contributed by atoms with Crippen molar-refractivity contribution in [1.82, 2.24) is 10.2 Å². The van der Waals surface area contributed by atoms with Crippen LogP contribution < -0.4 is 5.32 Å². The molecule has 1 N–H and O–H groups in total. The zero-order valence-electron chi connectivity index (χ0n) is 10.5. The maximum absolute atomic E-state index is 12.2. The molecule has 16 heavy (non-hydrogen) atoms. The summed E-state index contributed by atoms with van der Waals surface area (Å²) in [4.78, 5) is 14.3. The number of rotatable bonds is 3. The molecular formula is C12H23ClN2O. The van der Waals surface area contributed by atoms with E-state index in [1.54, 1.807) is 0 Å². The maximum atomic E-state index is 12.2. The number of hydrogen-bond acceptors (Lipinski definition) is 2. The molecule has 1 saturated heterocycles. The van der Waals surface area contributed by atoms with Crippen molar-refractivity contribution in [1.29, 1.82) is 0 Å². The summed E-state index contributed by atoms with van der Waals surface area (Å²) in [6.07, 6.45) is 3.42. The lowest BCUT2D eigenvalue weighted by Crippen LogP contribution is -2.42. The lowest BCUT2D eigenvalue weighted by atomic mass is 10.1. The molecule has 94 valence electrons. The second-order valence-corrected chi connectivity index (χ2v) is 5.63. The number of nitrogens with one attached hydrogen (secondary N) is 1. The van der Waals surface area contributed by atoms with Crippen LogP contribution in [0.15, 0.2) is 0 Å². The number of likely N-dealkylation sites (N-methyl/N-ethyl adjacent to an activating group) is 1. The Morgan fingerprint density at radius 3 is 2.62 bits per heavy atom. The van der Waals surface area contributed by atoms with Gasteiger partial charge in [0.05, 0.1) is 0 Å². The van der Waals surface area contributed by atoms with Crippen LogP contribution in [0.5, 0.6) is 0 Å². The van der Waals surface area contributed by atoms with Crippen molar-refractivity contribution in [3.8, 4) is 0 Å². The molecule has 2 rings (SSSR count). The Morgan fingerprint density at radius 2 is 2.12 bits per heavy atom. The van der Waals surface area contributed by atoms with Gasteiger partial charge in [0.1, 0.15) is 0 Å². The second-order valence-electron chi connectivity index (χ2n) is 5.63. The van der Waals surface area contributed by atoms with Crippen LogP contribution in [-0.4, -0.2) is 37.0 Å². The Bertz CT molecular complexity index is 268. The molecule has 3 nitrogen and oxygen atoms in total. The number of hydrogen-bond donors (Lipinski definition) is 1. The third kappa shape index (κ3) is 2.51. The molecule has 0 aromatic rings. The highest BCUT2D eigenvalue weighted by molar-refractivity contribution is 5.85. The van der Waals surface area contributed by atoms with Gasteiger partial charge in [-0.2, -0.15) is 0 Å². The van der Waals surface area contributed by atoms with E-state index in [0.717, 1.165) is 19.5 Å². The Morgan fingerprint density at radius 1 is 1.50 bits per heavy atom. The summed E-state index contributed by atoms with van der Waals surface area (Å²) in [6, 6.07) is 0.443. The number of likely N-dealkylation sites (tertiary alicyclic amines) is 1. The van der Waals surface area contributed by atoms with Crippen molar-refractivity contribution in [2.24, 2.45) is 11.3 Å². The SMILES string of the molecule is CNCC1CCCN1C(=O)C1CC1(C)C.Cl. The van der Waals surface area contributed by atoms with Crippen molar-refractivity contribution in [2.75, 3.05) is 20.1 Å². The first-order valence-electron chi connectivity index (χ1n) is 6.01. The Balaban J connectivity index is 0.00000128. The number of carbonyl (C=O) groups excluding carboxylic acids is 1. The molecule has 2 unspecified atom stereocenters. The largest absolute Gasteiger partial charge is 0.338 e. The molecule has 0 aromatic carbocycles. The van der Waals surface area contributed by atoms with E-state index in [-0.39, 0.29) is 17.8 Å². The van der Waals surface area contributed by atoms with Gasteiger partial charge in [-0.05, 0) is 31.7 Å². The van der Waals surface area contributed by atoms with Crippen molar-refractivity contribution in [2.45, 2.75) is 39.2 Å². The average Bonchev–Trinajstić information content (AvgIpc) is 2.63. The minimum absolute atomic E-state index is 0. The molecule has 2 aliphatic rings. The maximum Gasteiger partial charge on any atom is 0.226 e. The topological polar surface area (TPSA) is 32.3 Å². The smallest absolute Gasteiger partial charge is 0.226 e. The fourth-order valence-electron chi connectivity index (χ4n) is 2.66. The van der Waals surface area contributed by atoms with Crippen molar-refractivity contribution < 1.29 is 4.79 Å². The number of halogens is 1. The van der Waals surface area contributed by atoms with E-state index >= 15 is 0 Å². The van der Waals surface area contributed by atoms with E-state index in [9.17, 15) is 4.79 Å². The fourth-order valence-corrected chi connectivity index (χ4v) is 2.66. The molecule has 0 radical (unpaired) electrons. The quantitative estimate of drug-likeness (QED) is 0.822. The van der Waals surface area contributed by atoms with Crippen molar-refractivity contribution in [3.05, 3.63) is 0 Å². The zero-order chi connectivity index (χ0) is 11.1. The summed E-state index contributed by atoms with van der Waals surface area (Å²) < 4.78 is 0. The summed E-state index contributed by atoms with van der Waals surface area (Å²) in [5, 5.41) is 3.18. The predicted octanol–water partition coefficient (Wildman–Crippen LogP) is 1.66. The summed E-state index contributed by atoms with van der Waals surface area (Å²) in [5.41, 5.74) is 0.268. The Hall–Kier alpha value is -0.280. The lowest BCUT2D eigenvalue weighted by Gasteiger charge is -2.25. The highest BCUT2D eigenvalue weighted by Crippen LogP contribution is 2.52. The average molecular weight is 247 g/mol. The molecule has 0 spiro atoms. The molecule has 1 heterocycles. The van der Waals surface area contributed by atoms with E-state index in [4.69, 9.17) is 0 Å². The van der Waals surface area contributed by atoms with Gasteiger partial charge in [0.15, 0.2) is 0 Å². The van der Waals surface area contributed by atoms with Gasteiger partial charge in [-0.15, -0.1) is 12.4 Å². The summed E-state index contributed by atoms with van der Waals surface area (Å²) >= 11 is 0. The Labute approximate surface area is 104 Å². The van der Waals surface area contributed by atoms with Crippen LogP contribution in [0.1, 0.15) is 33.1 Å². The summed E-state index contributed by atoms with van der Waals surface area (Å²) in [5.74, 6) is 0.702. The van der Waals surface area contributed by atoms with Gasteiger partial charge in [0.25, 0.3) is 0 Å². The third-order valence-electron chi connectivity index (χ3n) is 3.91. The van der Waals surface area contributed by atoms with E-state index < -0.39 is 0 Å². The summed E-state index contributed by atoms with van der Waals surface area (Å²) in [6.45, 7) is 6.30. The van der Waals surface area contributed by atoms with Crippen LogP contribution in [0, 0.1) is 11.3 Å². The second kappa shape index (κ2) is 4.92. The minimum Gasteiger partial charge on any atom is -0.338 e. The third-order valence-corrected chi connectivity index (χ3v) is 3.91. The van der Waals surface area contributed by atoms with Crippen LogP contribution in [0.3, 0.4) is 0 Å². The molecule has 4 heteroatoms. The number of nitrogens with zero attached hydrogens (tertiary/aromatic N) is 1. The lowest BCUT2D eigenvalue weighted by molar-refractivity contribution is -0.134. The first-order chi connectivity index (χ1) is 7.06. The summed E-state index contributed by atoms with van der Waals surface area (Å²) in [7, 11) is 1.96. The number of carbonyl (C=O) groups is 1. The van der Waals surface area contributed by atoms with Gasteiger partial charge in [-0.25, -0.2) is 0 Å². The minimum atomic E-state index is 0. The van der Waals surface area contributed by atoms with Gasteiger partial charge in [-0.3, -0.25) is 4.79 Å². The molecule has 0 bridgehead atoms. The molecule has 0 aromatic heterocycles.